The number of fused-ring (bicyclic) bond motifs is 1. The van der Waals surface area contributed by atoms with E-state index in [1.807, 2.05) is 60.7 Å². The molecule has 0 atom stereocenters. The van der Waals surface area contributed by atoms with Gasteiger partial charge < -0.3 is 10.2 Å². The van der Waals surface area contributed by atoms with Gasteiger partial charge in [0, 0.05) is 18.7 Å². The summed E-state index contributed by atoms with van der Waals surface area (Å²) < 4.78 is 0. The molecule has 3 aromatic carbocycles. The number of carbonyl (C=O) groups excluding carboxylic acids is 1. The number of anilines is 2. The van der Waals surface area contributed by atoms with Gasteiger partial charge in [0.05, 0.1) is 16.4 Å². The Kier molecular flexibility index (Phi) is 4.33. The number of hydrogen-bond acceptors (Lipinski definition) is 2. The Morgan fingerprint density at radius 1 is 0.920 bits per heavy atom. The van der Waals surface area contributed by atoms with Crippen LogP contribution in [0.2, 0.25) is 5.02 Å². The van der Waals surface area contributed by atoms with Crippen molar-refractivity contribution < 1.29 is 4.79 Å². The summed E-state index contributed by atoms with van der Waals surface area (Å²) in [7, 11) is 0. The fourth-order valence-corrected chi connectivity index (χ4v) is 3.70. The van der Waals surface area contributed by atoms with Crippen LogP contribution in [0.3, 0.4) is 0 Å². The van der Waals surface area contributed by atoms with Crippen LogP contribution in [0.15, 0.2) is 60.7 Å². The average molecular weight is 351 g/mol. The van der Waals surface area contributed by atoms with E-state index >= 15 is 0 Å². The van der Waals surface area contributed by atoms with E-state index in [1.54, 1.807) is 0 Å². The van der Waals surface area contributed by atoms with E-state index in [9.17, 15) is 4.79 Å². The minimum atomic E-state index is -0.117. The van der Waals surface area contributed by atoms with Gasteiger partial charge in [0.1, 0.15) is 0 Å². The standard InChI is InChI=1S/C21H19ClN2O/c22-18-8-5-9-19(20(18)24-12-3-4-13-24)23-21(25)17-11-10-15-6-1-2-7-16(15)14-17/h1-2,5-11,14H,3-4,12-13H2,(H,23,25). The molecule has 0 saturated carbocycles. The van der Waals surface area contributed by atoms with Crippen molar-refractivity contribution in [1.29, 1.82) is 0 Å². The van der Waals surface area contributed by atoms with Gasteiger partial charge >= 0.3 is 0 Å². The Labute approximate surface area is 152 Å². The maximum absolute atomic E-state index is 12.8. The number of halogens is 1. The normalized spacial score (nSPS) is 14.0. The molecule has 0 aliphatic carbocycles. The van der Waals surface area contributed by atoms with Crippen LogP contribution in [0.5, 0.6) is 0 Å². The van der Waals surface area contributed by atoms with Crippen molar-refractivity contribution in [3.8, 4) is 0 Å². The molecule has 1 fully saturated rings. The third kappa shape index (κ3) is 3.20. The Hall–Kier alpha value is -2.52. The largest absolute Gasteiger partial charge is 0.369 e. The lowest BCUT2D eigenvalue weighted by Crippen LogP contribution is -2.21. The number of nitrogens with zero attached hydrogens (tertiary/aromatic N) is 1. The number of carbonyl (C=O) groups is 1. The van der Waals surface area contributed by atoms with Crippen LogP contribution in [0.4, 0.5) is 11.4 Å². The van der Waals surface area contributed by atoms with Crippen LogP contribution >= 0.6 is 11.6 Å². The highest BCUT2D eigenvalue weighted by molar-refractivity contribution is 6.34. The Morgan fingerprint density at radius 2 is 1.68 bits per heavy atom. The van der Waals surface area contributed by atoms with Crippen LogP contribution in [-0.4, -0.2) is 19.0 Å². The lowest BCUT2D eigenvalue weighted by atomic mass is 10.1. The molecule has 4 heteroatoms. The molecule has 3 nitrogen and oxygen atoms in total. The van der Waals surface area contributed by atoms with Gasteiger partial charge in [-0.25, -0.2) is 0 Å². The molecule has 25 heavy (non-hydrogen) atoms. The number of para-hydroxylation sites is 1. The van der Waals surface area contributed by atoms with E-state index < -0.39 is 0 Å². The molecule has 0 aromatic heterocycles. The lowest BCUT2D eigenvalue weighted by molar-refractivity contribution is 0.102. The van der Waals surface area contributed by atoms with Gasteiger partial charge in [-0.1, -0.05) is 48.0 Å². The van der Waals surface area contributed by atoms with Crippen molar-refractivity contribution >= 4 is 39.7 Å². The molecule has 0 unspecified atom stereocenters. The van der Waals surface area contributed by atoms with E-state index in [0.717, 1.165) is 48.1 Å². The third-order valence-electron chi connectivity index (χ3n) is 4.67. The van der Waals surface area contributed by atoms with Crippen molar-refractivity contribution in [3.63, 3.8) is 0 Å². The molecular weight excluding hydrogens is 332 g/mol. The zero-order chi connectivity index (χ0) is 17.2. The molecule has 0 bridgehead atoms. The van der Waals surface area contributed by atoms with Crippen molar-refractivity contribution in [2.45, 2.75) is 12.8 Å². The smallest absolute Gasteiger partial charge is 0.255 e. The second-order valence-corrected chi connectivity index (χ2v) is 6.75. The van der Waals surface area contributed by atoms with Gasteiger partial charge in [0.15, 0.2) is 0 Å². The molecule has 1 saturated heterocycles. The summed E-state index contributed by atoms with van der Waals surface area (Å²) in [4.78, 5) is 15.0. The molecule has 0 spiro atoms. The highest BCUT2D eigenvalue weighted by Crippen LogP contribution is 2.36. The molecule has 1 amide bonds. The van der Waals surface area contributed by atoms with Gasteiger partial charge in [-0.2, -0.15) is 0 Å². The maximum atomic E-state index is 12.8. The highest BCUT2D eigenvalue weighted by Gasteiger charge is 2.20. The zero-order valence-electron chi connectivity index (χ0n) is 13.8. The Balaban J connectivity index is 1.65. The number of hydrogen-bond donors (Lipinski definition) is 1. The topological polar surface area (TPSA) is 32.3 Å². The number of rotatable bonds is 3. The van der Waals surface area contributed by atoms with Gasteiger partial charge in [0.25, 0.3) is 5.91 Å². The van der Waals surface area contributed by atoms with Crippen molar-refractivity contribution in [2.24, 2.45) is 0 Å². The summed E-state index contributed by atoms with van der Waals surface area (Å²) in [5, 5.41) is 5.90. The monoisotopic (exact) mass is 350 g/mol. The van der Waals surface area contributed by atoms with Crippen molar-refractivity contribution in [2.75, 3.05) is 23.3 Å². The second-order valence-electron chi connectivity index (χ2n) is 6.35. The summed E-state index contributed by atoms with van der Waals surface area (Å²) in [6.07, 6.45) is 2.31. The van der Waals surface area contributed by atoms with Gasteiger partial charge in [0.2, 0.25) is 0 Å². The molecule has 4 rings (SSSR count). The molecule has 1 N–H and O–H groups in total. The van der Waals surface area contributed by atoms with Crippen LogP contribution in [0.1, 0.15) is 23.2 Å². The summed E-state index contributed by atoms with van der Waals surface area (Å²) in [6, 6.07) is 19.5. The maximum Gasteiger partial charge on any atom is 0.255 e. The van der Waals surface area contributed by atoms with Crippen molar-refractivity contribution in [3.05, 3.63) is 71.2 Å². The quantitative estimate of drug-likeness (QED) is 0.691. The summed E-state index contributed by atoms with van der Waals surface area (Å²) in [5.74, 6) is -0.117. The summed E-state index contributed by atoms with van der Waals surface area (Å²) in [5.41, 5.74) is 2.34. The summed E-state index contributed by atoms with van der Waals surface area (Å²) >= 11 is 6.42. The van der Waals surface area contributed by atoms with Crippen LogP contribution in [-0.2, 0) is 0 Å². The number of benzene rings is 3. The van der Waals surface area contributed by atoms with Gasteiger partial charge in [-0.3, -0.25) is 4.79 Å². The summed E-state index contributed by atoms with van der Waals surface area (Å²) in [6.45, 7) is 1.95. The first-order valence-electron chi connectivity index (χ1n) is 8.56. The molecule has 3 aromatic rings. The fraction of sp³-hybridized carbons (Fsp3) is 0.190. The minimum Gasteiger partial charge on any atom is -0.369 e. The molecule has 1 aliphatic rings. The first kappa shape index (κ1) is 16.0. The van der Waals surface area contributed by atoms with Crippen molar-refractivity contribution in [1.82, 2.24) is 0 Å². The molecule has 1 aliphatic heterocycles. The highest BCUT2D eigenvalue weighted by atomic mass is 35.5. The van der Waals surface area contributed by atoms with Gasteiger partial charge in [-0.05, 0) is 47.9 Å². The van der Waals surface area contributed by atoms with E-state index in [-0.39, 0.29) is 5.91 Å². The van der Waals surface area contributed by atoms with E-state index in [2.05, 4.69) is 10.2 Å². The molecule has 1 heterocycles. The van der Waals surface area contributed by atoms with Crippen LogP contribution in [0.25, 0.3) is 10.8 Å². The minimum absolute atomic E-state index is 0.117. The number of nitrogens with one attached hydrogen (secondary N) is 1. The van der Waals surface area contributed by atoms with E-state index in [0.29, 0.717) is 10.6 Å². The third-order valence-corrected chi connectivity index (χ3v) is 4.97. The Bertz CT molecular complexity index is 932. The van der Waals surface area contributed by atoms with Gasteiger partial charge in [-0.15, -0.1) is 0 Å². The Morgan fingerprint density at radius 3 is 2.48 bits per heavy atom. The molecule has 126 valence electrons. The second kappa shape index (κ2) is 6.77. The first-order valence-corrected chi connectivity index (χ1v) is 8.94. The number of amides is 1. The predicted octanol–water partition coefficient (Wildman–Crippen LogP) is 5.35. The van der Waals surface area contributed by atoms with Crippen LogP contribution < -0.4 is 10.2 Å². The fourth-order valence-electron chi connectivity index (χ4n) is 3.40. The predicted molar refractivity (Wildman–Crippen MR) is 105 cm³/mol. The molecule has 0 radical (unpaired) electrons. The lowest BCUT2D eigenvalue weighted by Gasteiger charge is -2.23. The molecular formula is C21H19ClN2O. The SMILES string of the molecule is O=C(Nc1cccc(Cl)c1N1CCCC1)c1ccc2ccccc2c1. The van der Waals surface area contributed by atoms with E-state index in [4.69, 9.17) is 11.6 Å². The van der Waals surface area contributed by atoms with E-state index in [1.165, 1.54) is 0 Å². The first-order chi connectivity index (χ1) is 12.2. The zero-order valence-corrected chi connectivity index (χ0v) is 14.6. The van der Waals surface area contributed by atoms with Crippen LogP contribution in [0, 0.1) is 0 Å². The average Bonchev–Trinajstić information content (AvgIpc) is 3.15.